The molecule has 0 spiro atoms. The quantitative estimate of drug-likeness (QED) is 0.543. The van der Waals surface area contributed by atoms with Gasteiger partial charge in [-0.3, -0.25) is 10.1 Å². The molecular formula is C19H21FN2O4S. The minimum Gasteiger partial charge on any atom is -0.258 e. The van der Waals surface area contributed by atoms with Crippen LogP contribution in [0.1, 0.15) is 37.7 Å². The third-order valence-corrected chi connectivity index (χ3v) is 6.83. The van der Waals surface area contributed by atoms with Gasteiger partial charge in [0.15, 0.2) is 4.90 Å². The number of benzene rings is 2. The van der Waals surface area contributed by atoms with Crippen molar-refractivity contribution in [1.29, 1.82) is 0 Å². The van der Waals surface area contributed by atoms with Crippen LogP contribution in [-0.2, 0) is 16.6 Å². The molecule has 0 heterocycles. The normalized spacial score (nSPS) is 15.8. The number of para-hydroxylation sites is 1. The topological polar surface area (TPSA) is 80.5 Å². The van der Waals surface area contributed by atoms with Gasteiger partial charge in [-0.15, -0.1) is 0 Å². The Balaban J connectivity index is 2.03. The molecule has 0 amide bonds. The maximum Gasteiger partial charge on any atom is 0.289 e. The van der Waals surface area contributed by atoms with Gasteiger partial charge in [0.1, 0.15) is 5.82 Å². The van der Waals surface area contributed by atoms with Gasteiger partial charge in [0, 0.05) is 18.7 Å². The van der Waals surface area contributed by atoms with E-state index in [0.29, 0.717) is 18.4 Å². The standard InChI is InChI=1S/C19H21FN2O4S/c20-16-12-10-15(11-13-16)14-21(17-6-2-1-3-7-17)27(25,26)19-9-5-4-8-18(19)22(23)24/h4-5,8-13,17H,1-3,6-7,14H2. The summed E-state index contributed by atoms with van der Waals surface area (Å²) in [6.07, 6.45) is 4.29. The number of sulfonamides is 1. The van der Waals surface area contributed by atoms with Crippen molar-refractivity contribution < 1.29 is 17.7 Å². The zero-order valence-electron chi connectivity index (χ0n) is 14.8. The van der Waals surface area contributed by atoms with E-state index < -0.39 is 26.5 Å². The fourth-order valence-corrected chi connectivity index (χ4v) is 5.33. The molecule has 27 heavy (non-hydrogen) atoms. The number of halogens is 1. The lowest BCUT2D eigenvalue weighted by Gasteiger charge is -2.33. The first-order chi connectivity index (χ1) is 12.9. The predicted octanol–water partition coefficient (Wildman–Crippen LogP) is 4.26. The highest BCUT2D eigenvalue weighted by atomic mass is 32.2. The van der Waals surface area contributed by atoms with Crippen molar-refractivity contribution in [2.75, 3.05) is 0 Å². The van der Waals surface area contributed by atoms with E-state index in [-0.39, 0.29) is 17.5 Å². The van der Waals surface area contributed by atoms with Crippen LogP contribution in [0.2, 0.25) is 0 Å². The Hall–Kier alpha value is -2.32. The SMILES string of the molecule is O=[N+]([O-])c1ccccc1S(=O)(=O)N(Cc1ccc(F)cc1)C1CCCCC1. The fourth-order valence-electron chi connectivity index (χ4n) is 3.50. The highest BCUT2D eigenvalue weighted by Crippen LogP contribution is 2.33. The first-order valence-electron chi connectivity index (χ1n) is 8.89. The molecule has 0 bridgehead atoms. The molecule has 2 aromatic carbocycles. The molecular weight excluding hydrogens is 371 g/mol. The van der Waals surface area contributed by atoms with E-state index in [9.17, 15) is 22.9 Å². The van der Waals surface area contributed by atoms with E-state index in [0.717, 1.165) is 19.3 Å². The number of hydrogen-bond donors (Lipinski definition) is 0. The summed E-state index contributed by atoms with van der Waals surface area (Å²) in [6.45, 7) is 0.0549. The second-order valence-electron chi connectivity index (χ2n) is 6.69. The van der Waals surface area contributed by atoms with Crippen LogP contribution in [0.5, 0.6) is 0 Å². The van der Waals surface area contributed by atoms with Crippen molar-refractivity contribution in [3.8, 4) is 0 Å². The molecule has 1 fully saturated rings. The zero-order valence-corrected chi connectivity index (χ0v) is 15.6. The Bertz CT molecular complexity index is 910. The van der Waals surface area contributed by atoms with Gasteiger partial charge in [0.2, 0.25) is 10.0 Å². The molecule has 1 aliphatic rings. The maximum absolute atomic E-state index is 13.4. The summed E-state index contributed by atoms with van der Waals surface area (Å²) in [6, 6.07) is 10.8. The average Bonchev–Trinajstić information content (AvgIpc) is 2.68. The highest BCUT2D eigenvalue weighted by Gasteiger charge is 2.36. The Morgan fingerprint density at radius 3 is 2.30 bits per heavy atom. The summed E-state index contributed by atoms with van der Waals surface area (Å²) in [5.41, 5.74) is 0.210. The first-order valence-corrected chi connectivity index (χ1v) is 10.3. The van der Waals surface area contributed by atoms with Crippen molar-refractivity contribution in [2.24, 2.45) is 0 Å². The molecule has 0 radical (unpaired) electrons. The molecule has 1 saturated carbocycles. The van der Waals surface area contributed by atoms with Gasteiger partial charge in [-0.1, -0.05) is 43.5 Å². The van der Waals surface area contributed by atoms with Crippen molar-refractivity contribution >= 4 is 15.7 Å². The summed E-state index contributed by atoms with van der Waals surface area (Å²) in [5.74, 6) is -0.399. The van der Waals surface area contributed by atoms with Crippen LogP contribution in [0, 0.1) is 15.9 Å². The molecule has 1 aliphatic carbocycles. The lowest BCUT2D eigenvalue weighted by atomic mass is 9.95. The maximum atomic E-state index is 13.4. The third kappa shape index (κ3) is 4.33. The van der Waals surface area contributed by atoms with Gasteiger partial charge in [-0.05, 0) is 36.6 Å². The Morgan fingerprint density at radius 1 is 1.04 bits per heavy atom. The molecule has 0 aromatic heterocycles. The Kier molecular flexibility index (Phi) is 5.86. The summed E-state index contributed by atoms with van der Waals surface area (Å²) in [5, 5.41) is 11.3. The minimum absolute atomic E-state index is 0.0549. The number of nitro benzene ring substituents is 1. The van der Waals surface area contributed by atoms with Crippen LogP contribution in [0.15, 0.2) is 53.4 Å². The molecule has 144 valence electrons. The van der Waals surface area contributed by atoms with Crippen LogP contribution >= 0.6 is 0 Å². The van der Waals surface area contributed by atoms with Crippen molar-refractivity contribution in [1.82, 2.24) is 4.31 Å². The summed E-state index contributed by atoms with van der Waals surface area (Å²) >= 11 is 0. The van der Waals surface area contributed by atoms with E-state index in [4.69, 9.17) is 0 Å². The predicted molar refractivity (Wildman–Crippen MR) is 99.1 cm³/mol. The summed E-state index contributed by atoms with van der Waals surface area (Å²) < 4.78 is 41.3. The van der Waals surface area contributed by atoms with Gasteiger partial charge < -0.3 is 0 Å². The molecule has 6 nitrogen and oxygen atoms in total. The van der Waals surface area contributed by atoms with Crippen molar-refractivity contribution in [3.63, 3.8) is 0 Å². The first kappa shape index (κ1) is 19.4. The van der Waals surface area contributed by atoms with Crippen molar-refractivity contribution in [3.05, 3.63) is 70.0 Å². The number of nitro groups is 1. The molecule has 0 unspecified atom stereocenters. The number of hydrogen-bond acceptors (Lipinski definition) is 4. The molecule has 8 heteroatoms. The molecule has 2 aromatic rings. The molecule has 3 rings (SSSR count). The Labute approximate surface area is 157 Å². The number of nitrogens with zero attached hydrogens (tertiary/aromatic N) is 2. The van der Waals surface area contributed by atoms with E-state index in [2.05, 4.69) is 0 Å². The lowest BCUT2D eigenvalue weighted by molar-refractivity contribution is -0.387. The van der Waals surface area contributed by atoms with Crippen LogP contribution in [-0.4, -0.2) is 23.7 Å². The second-order valence-corrected chi connectivity index (χ2v) is 8.55. The zero-order chi connectivity index (χ0) is 19.4. The van der Waals surface area contributed by atoms with E-state index in [1.54, 1.807) is 12.1 Å². The molecule has 0 aliphatic heterocycles. The van der Waals surface area contributed by atoms with Crippen LogP contribution in [0.4, 0.5) is 10.1 Å². The van der Waals surface area contributed by atoms with Gasteiger partial charge in [0.25, 0.3) is 5.69 Å². The number of rotatable bonds is 6. The van der Waals surface area contributed by atoms with Crippen LogP contribution < -0.4 is 0 Å². The molecule has 0 saturated heterocycles. The van der Waals surface area contributed by atoms with Gasteiger partial charge in [0.05, 0.1) is 4.92 Å². The van der Waals surface area contributed by atoms with Crippen LogP contribution in [0.3, 0.4) is 0 Å². The van der Waals surface area contributed by atoms with Gasteiger partial charge >= 0.3 is 0 Å². The third-order valence-electron chi connectivity index (χ3n) is 4.88. The largest absolute Gasteiger partial charge is 0.289 e. The molecule has 0 atom stereocenters. The van der Waals surface area contributed by atoms with E-state index >= 15 is 0 Å². The van der Waals surface area contributed by atoms with Gasteiger partial charge in [-0.2, -0.15) is 4.31 Å². The van der Waals surface area contributed by atoms with E-state index in [1.165, 1.54) is 40.7 Å². The minimum atomic E-state index is -4.09. The average molecular weight is 392 g/mol. The summed E-state index contributed by atoms with van der Waals surface area (Å²) in [7, 11) is -4.09. The highest BCUT2D eigenvalue weighted by molar-refractivity contribution is 7.89. The summed E-state index contributed by atoms with van der Waals surface area (Å²) in [4.78, 5) is 10.4. The smallest absolute Gasteiger partial charge is 0.258 e. The van der Waals surface area contributed by atoms with Crippen molar-refractivity contribution in [2.45, 2.75) is 49.6 Å². The monoisotopic (exact) mass is 392 g/mol. The lowest BCUT2D eigenvalue weighted by Crippen LogP contribution is -2.41. The fraction of sp³-hybridized carbons (Fsp3) is 0.368. The second kappa shape index (κ2) is 8.14. The molecule has 0 N–H and O–H groups in total. The van der Waals surface area contributed by atoms with E-state index in [1.807, 2.05) is 0 Å². The van der Waals surface area contributed by atoms with Crippen LogP contribution in [0.25, 0.3) is 0 Å². The Morgan fingerprint density at radius 2 is 1.67 bits per heavy atom. The van der Waals surface area contributed by atoms with Gasteiger partial charge in [-0.25, -0.2) is 12.8 Å².